The van der Waals surface area contributed by atoms with Gasteiger partial charge in [0.2, 0.25) is 0 Å². The predicted octanol–water partition coefficient (Wildman–Crippen LogP) is 4.14. The van der Waals surface area contributed by atoms with E-state index in [1.165, 1.54) is 11.6 Å². The first kappa shape index (κ1) is 22.6. The van der Waals surface area contributed by atoms with Crippen LogP contribution in [0.3, 0.4) is 0 Å². The lowest BCUT2D eigenvalue weighted by Crippen LogP contribution is -2.47. The van der Waals surface area contributed by atoms with E-state index >= 15 is 0 Å². The number of hydrogen-bond acceptors (Lipinski definition) is 2. The molecule has 2 unspecified atom stereocenters. The molecule has 2 aromatic rings. The zero-order valence-corrected chi connectivity index (χ0v) is 18.8. The average Bonchev–Trinajstić information content (AvgIpc) is 2.70. The molecule has 0 aromatic heterocycles. The summed E-state index contributed by atoms with van der Waals surface area (Å²) in [6.45, 7) is 4.45. The minimum absolute atomic E-state index is 0. The number of aliphatic hydroxyl groups is 1. The molecule has 152 valence electrons. The van der Waals surface area contributed by atoms with E-state index in [0.717, 1.165) is 31.0 Å². The highest BCUT2D eigenvalue weighted by Gasteiger charge is 2.28. The largest absolute Gasteiger partial charge is 0.392 e. The Bertz CT molecular complexity index is 785. The standard InChI is InChI=1S/C22H28FN3O.HI/c1-16-14-26(11-10-20(16)18-6-4-3-5-7-18)22(24-2)25-13-17-8-9-21(23)19(12-17)15-27;/h3-9,12,16,20,27H,10-11,13-15H2,1-2H3,(H,24,25);1H. The van der Waals surface area contributed by atoms with Crippen molar-refractivity contribution in [3.8, 4) is 0 Å². The van der Waals surface area contributed by atoms with Crippen LogP contribution in [0.15, 0.2) is 53.5 Å². The van der Waals surface area contributed by atoms with Crippen LogP contribution < -0.4 is 5.32 Å². The van der Waals surface area contributed by atoms with Crippen molar-refractivity contribution in [2.75, 3.05) is 20.1 Å². The fraction of sp³-hybridized carbons (Fsp3) is 0.409. The van der Waals surface area contributed by atoms with Crippen molar-refractivity contribution < 1.29 is 9.50 Å². The van der Waals surface area contributed by atoms with Gasteiger partial charge in [0.1, 0.15) is 5.82 Å². The predicted molar refractivity (Wildman–Crippen MR) is 122 cm³/mol. The molecule has 1 heterocycles. The molecule has 2 aromatic carbocycles. The fourth-order valence-electron chi connectivity index (χ4n) is 3.91. The quantitative estimate of drug-likeness (QED) is 0.380. The summed E-state index contributed by atoms with van der Waals surface area (Å²) in [6, 6.07) is 15.6. The van der Waals surface area contributed by atoms with Crippen LogP contribution in [-0.4, -0.2) is 36.1 Å². The molecule has 0 radical (unpaired) electrons. The third kappa shape index (κ3) is 5.44. The van der Waals surface area contributed by atoms with Gasteiger partial charge in [-0.2, -0.15) is 0 Å². The van der Waals surface area contributed by atoms with Crippen molar-refractivity contribution in [1.82, 2.24) is 10.2 Å². The van der Waals surface area contributed by atoms with E-state index in [2.05, 4.69) is 52.5 Å². The minimum Gasteiger partial charge on any atom is -0.392 e. The number of guanidine groups is 1. The molecule has 2 N–H and O–H groups in total. The van der Waals surface area contributed by atoms with Gasteiger partial charge in [-0.05, 0) is 41.5 Å². The normalized spacial score (nSPS) is 19.9. The summed E-state index contributed by atoms with van der Waals surface area (Å²) in [7, 11) is 1.79. The average molecular weight is 497 g/mol. The maximum atomic E-state index is 13.5. The minimum atomic E-state index is -0.373. The Hall–Kier alpha value is -1.67. The van der Waals surface area contributed by atoms with Gasteiger partial charge < -0.3 is 15.3 Å². The maximum Gasteiger partial charge on any atom is 0.193 e. The Balaban J connectivity index is 0.00000280. The van der Waals surface area contributed by atoms with Crippen LogP contribution in [0.2, 0.25) is 0 Å². The van der Waals surface area contributed by atoms with Crippen LogP contribution >= 0.6 is 24.0 Å². The van der Waals surface area contributed by atoms with E-state index in [4.69, 9.17) is 0 Å². The second-order valence-electron chi connectivity index (χ2n) is 7.21. The topological polar surface area (TPSA) is 47.9 Å². The second kappa shape index (κ2) is 10.8. The van der Waals surface area contributed by atoms with Crippen LogP contribution in [0.1, 0.15) is 36.0 Å². The molecular weight excluding hydrogens is 468 g/mol. The molecule has 0 aliphatic carbocycles. The highest BCUT2D eigenvalue weighted by atomic mass is 127. The maximum absolute atomic E-state index is 13.5. The van der Waals surface area contributed by atoms with Gasteiger partial charge in [-0.1, -0.05) is 43.3 Å². The first-order valence-corrected chi connectivity index (χ1v) is 9.51. The van der Waals surface area contributed by atoms with Gasteiger partial charge in [-0.15, -0.1) is 24.0 Å². The van der Waals surface area contributed by atoms with E-state index < -0.39 is 0 Å². The van der Waals surface area contributed by atoms with Crippen molar-refractivity contribution in [2.24, 2.45) is 10.9 Å². The van der Waals surface area contributed by atoms with Gasteiger partial charge in [-0.25, -0.2) is 4.39 Å². The summed E-state index contributed by atoms with van der Waals surface area (Å²) in [5.41, 5.74) is 2.66. The Morgan fingerprint density at radius 1 is 1.25 bits per heavy atom. The summed E-state index contributed by atoms with van der Waals surface area (Å²) < 4.78 is 13.5. The Morgan fingerprint density at radius 3 is 2.64 bits per heavy atom. The molecule has 0 saturated carbocycles. The third-order valence-corrected chi connectivity index (χ3v) is 5.38. The summed E-state index contributed by atoms with van der Waals surface area (Å²) in [6.07, 6.45) is 1.09. The number of hydrogen-bond donors (Lipinski definition) is 2. The zero-order valence-electron chi connectivity index (χ0n) is 16.4. The van der Waals surface area contributed by atoms with E-state index in [9.17, 15) is 9.50 Å². The van der Waals surface area contributed by atoms with Gasteiger partial charge in [0.15, 0.2) is 5.96 Å². The molecule has 28 heavy (non-hydrogen) atoms. The molecule has 0 bridgehead atoms. The van der Waals surface area contributed by atoms with Crippen molar-refractivity contribution in [1.29, 1.82) is 0 Å². The zero-order chi connectivity index (χ0) is 19.2. The molecule has 4 nitrogen and oxygen atoms in total. The number of likely N-dealkylation sites (tertiary alicyclic amines) is 1. The Labute approximate surface area is 183 Å². The smallest absolute Gasteiger partial charge is 0.193 e. The van der Waals surface area contributed by atoms with Crippen molar-refractivity contribution in [3.63, 3.8) is 0 Å². The van der Waals surface area contributed by atoms with E-state index in [1.54, 1.807) is 19.2 Å². The van der Waals surface area contributed by atoms with Gasteiger partial charge in [-0.3, -0.25) is 4.99 Å². The van der Waals surface area contributed by atoms with Gasteiger partial charge in [0.05, 0.1) is 6.61 Å². The van der Waals surface area contributed by atoms with Crippen LogP contribution in [-0.2, 0) is 13.2 Å². The molecule has 3 rings (SSSR count). The lowest BCUT2D eigenvalue weighted by atomic mass is 9.82. The molecule has 1 aliphatic heterocycles. The first-order valence-electron chi connectivity index (χ1n) is 9.51. The summed E-state index contributed by atoms with van der Waals surface area (Å²) in [5.74, 6) is 1.60. The van der Waals surface area contributed by atoms with Crippen LogP contribution in [0.25, 0.3) is 0 Å². The SMILES string of the molecule is CN=C(NCc1ccc(F)c(CO)c1)N1CCC(c2ccccc2)C(C)C1.I. The summed E-state index contributed by atoms with van der Waals surface area (Å²) >= 11 is 0. The fourth-order valence-corrected chi connectivity index (χ4v) is 3.91. The number of aliphatic imine (C=N–C) groups is 1. The molecule has 0 spiro atoms. The second-order valence-corrected chi connectivity index (χ2v) is 7.21. The van der Waals surface area contributed by atoms with Crippen molar-refractivity contribution in [3.05, 3.63) is 71.0 Å². The number of rotatable bonds is 4. The van der Waals surface area contributed by atoms with Crippen LogP contribution in [0, 0.1) is 11.7 Å². The van der Waals surface area contributed by atoms with E-state index in [1.807, 2.05) is 0 Å². The molecule has 1 aliphatic rings. The molecule has 6 heteroatoms. The van der Waals surface area contributed by atoms with Gasteiger partial charge in [0, 0.05) is 32.2 Å². The third-order valence-electron chi connectivity index (χ3n) is 5.38. The van der Waals surface area contributed by atoms with Gasteiger partial charge in [0.25, 0.3) is 0 Å². The molecule has 0 amide bonds. The van der Waals surface area contributed by atoms with E-state index in [-0.39, 0.29) is 36.4 Å². The van der Waals surface area contributed by atoms with Crippen molar-refractivity contribution in [2.45, 2.75) is 32.4 Å². The van der Waals surface area contributed by atoms with Crippen LogP contribution in [0.5, 0.6) is 0 Å². The Morgan fingerprint density at radius 2 is 2.00 bits per heavy atom. The number of halogens is 2. The number of piperidine rings is 1. The lowest BCUT2D eigenvalue weighted by molar-refractivity contribution is 0.234. The summed E-state index contributed by atoms with van der Waals surface area (Å²) in [4.78, 5) is 6.72. The van der Waals surface area contributed by atoms with Crippen molar-refractivity contribution >= 4 is 29.9 Å². The van der Waals surface area contributed by atoms with Crippen LogP contribution in [0.4, 0.5) is 4.39 Å². The highest BCUT2D eigenvalue weighted by Crippen LogP contribution is 2.32. The van der Waals surface area contributed by atoms with Gasteiger partial charge >= 0.3 is 0 Å². The monoisotopic (exact) mass is 497 g/mol. The Kier molecular flexibility index (Phi) is 8.69. The number of nitrogens with zero attached hydrogens (tertiary/aromatic N) is 2. The molecule has 1 saturated heterocycles. The molecule has 1 fully saturated rings. The number of benzene rings is 2. The lowest BCUT2D eigenvalue weighted by Gasteiger charge is -2.39. The van der Waals surface area contributed by atoms with E-state index in [0.29, 0.717) is 23.9 Å². The first-order chi connectivity index (χ1) is 13.1. The number of nitrogens with one attached hydrogen (secondary N) is 1. The molecular formula is C22H29FIN3O. The summed E-state index contributed by atoms with van der Waals surface area (Å²) in [5, 5.41) is 12.6. The highest BCUT2D eigenvalue weighted by molar-refractivity contribution is 14.0. The molecule has 2 atom stereocenters. The number of aliphatic hydroxyl groups excluding tert-OH is 1.